The maximum absolute atomic E-state index is 11.2. The topological polar surface area (TPSA) is 76.7 Å². The van der Waals surface area contributed by atoms with Gasteiger partial charge < -0.3 is 5.73 Å². The number of H-pyrrole nitrogens is 1. The number of nitrogens with two attached hydrogens (primary N) is 1. The van der Waals surface area contributed by atoms with E-state index in [4.69, 9.17) is 17.3 Å². The van der Waals surface area contributed by atoms with Crippen LogP contribution < -0.4 is 11.4 Å². The van der Waals surface area contributed by atoms with Crippen LogP contribution in [0.1, 0.15) is 5.56 Å². The van der Waals surface area contributed by atoms with E-state index < -0.39 is 0 Å². The van der Waals surface area contributed by atoms with E-state index in [1.807, 2.05) is 12.1 Å². The van der Waals surface area contributed by atoms with Crippen molar-refractivity contribution < 1.29 is 0 Å². The number of aromatic nitrogens is 3. The largest absolute Gasteiger partial charge is 0.343 e. The molecule has 0 aliphatic rings. The highest BCUT2D eigenvalue weighted by Gasteiger charge is 2.09. The van der Waals surface area contributed by atoms with Crippen LogP contribution in [0.5, 0.6) is 0 Å². The predicted molar refractivity (Wildman–Crippen MR) is 67.3 cm³/mol. The van der Waals surface area contributed by atoms with E-state index in [0.717, 1.165) is 10.5 Å². The Morgan fingerprint density at radius 1 is 1.59 bits per heavy atom. The lowest BCUT2D eigenvalue weighted by Crippen LogP contribution is -2.12. The second kappa shape index (κ2) is 4.95. The van der Waals surface area contributed by atoms with Gasteiger partial charge in [-0.2, -0.15) is 0 Å². The molecule has 0 radical (unpaired) electrons. The summed E-state index contributed by atoms with van der Waals surface area (Å²) in [5.41, 5.74) is 6.37. The normalized spacial score (nSPS) is 10.8. The van der Waals surface area contributed by atoms with Crippen molar-refractivity contribution in [1.82, 2.24) is 14.8 Å². The van der Waals surface area contributed by atoms with Crippen molar-refractivity contribution in [2.75, 3.05) is 0 Å². The molecule has 0 amide bonds. The van der Waals surface area contributed by atoms with Gasteiger partial charge in [-0.25, -0.2) is 9.89 Å². The van der Waals surface area contributed by atoms with Gasteiger partial charge in [0.25, 0.3) is 0 Å². The second-order valence-electron chi connectivity index (χ2n) is 3.43. The molecule has 2 aromatic rings. The molecule has 1 aromatic carbocycles. The van der Waals surface area contributed by atoms with Gasteiger partial charge in [0.15, 0.2) is 5.16 Å². The van der Waals surface area contributed by atoms with E-state index in [2.05, 4.69) is 10.2 Å². The van der Waals surface area contributed by atoms with E-state index in [1.54, 1.807) is 13.1 Å². The third kappa shape index (κ3) is 2.54. The molecule has 0 aliphatic carbocycles. The van der Waals surface area contributed by atoms with Crippen molar-refractivity contribution in [3.63, 3.8) is 0 Å². The summed E-state index contributed by atoms with van der Waals surface area (Å²) in [4.78, 5) is 12.1. The molecule has 1 aromatic heterocycles. The molecule has 0 saturated carbocycles. The van der Waals surface area contributed by atoms with E-state index in [0.29, 0.717) is 16.7 Å². The van der Waals surface area contributed by atoms with E-state index in [1.165, 1.54) is 16.3 Å². The van der Waals surface area contributed by atoms with Crippen molar-refractivity contribution in [2.45, 2.75) is 16.6 Å². The Morgan fingerprint density at radius 2 is 2.35 bits per heavy atom. The average molecular weight is 271 g/mol. The quantitative estimate of drug-likeness (QED) is 0.883. The molecule has 90 valence electrons. The number of nitrogens with one attached hydrogen (secondary N) is 1. The van der Waals surface area contributed by atoms with Crippen LogP contribution in [-0.4, -0.2) is 14.8 Å². The number of rotatable bonds is 3. The van der Waals surface area contributed by atoms with Gasteiger partial charge in [-0.3, -0.25) is 4.57 Å². The molecule has 0 saturated heterocycles. The molecule has 17 heavy (non-hydrogen) atoms. The second-order valence-corrected chi connectivity index (χ2v) is 4.87. The molecular weight excluding hydrogens is 260 g/mol. The molecular formula is C10H11ClN4OS. The number of halogens is 1. The summed E-state index contributed by atoms with van der Waals surface area (Å²) in [6.07, 6.45) is 0. The average Bonchev–Trinajstić information content (AvgIpc) is 2.61. The monoisotopic (exact) mass is 270 g/mol. The van der Waals surface area contributed by atoms with Crippen molar-refractivity contribution in [1.29, 1.82) is 0 Å². The first-order valence-corrected chi connectivity index (χ1v) is 6.09. The molecule has 0 spiro atoms. The Morgan fingerprint density at radius 3 is 2.94 bits per heavy atom. The van der Waals surface area contributed by atoms with Crippen LogP contribution in [-0.2, 0) is 13.6 Å². The zero-order valence-electron chi connectivity index (χ0n) is 9.11. The van der Waals surface area contributed by atoms with Gasteiger partial charge >= 0.3 is 5.69 Å². The number of aromatic amines is 1. The molecule has 7 heteroatoms. The summed E-state index contributed by atoms with van der Waals surface area (Å²) >= 11 is 7.29. The molecule has 0 bridgehead atoms. The molecule has 0 atom stereocenters. The third-order valence-corrected chi connectivity index (χ3v) is 3.67. The molecule has 0 aliphatic heterocycles. The summed E-state index contributed by atoms with van der Waals surface area (Å²) in [7, 11) is 1.65. The zero-order valence-corrected chi connectivity index (χ0v) is 10.7. The fourth-order valence-corrected chi connectivity index (χ4v) is 2.53. The highest BCUT2D eigenvalue weighted by Crippen LogP contribution is 2.30. The van der Waals surface area contributed by atoms with Crippen LogP contribution in [0.2, 0.25) is 5.02 Å². The molecule has 1 heterocycles. The summed E-state index contributed by atoms with van der Waals surface area (Å²) in [5.74, 6) is 0. The number of hydrogen-bond donors (Lipinski definition) is 2. The van der Waals surface area contributed by atoms with Crippen LogP contribution in [0.3, 0.4) is 0 Å². The van der Waals surface area contributed by atoms with Crippen LogP contribution in [0.15, 0.2) is 33.0 Å². The Labute approximate surface area is 107 Å². The summed E-state index contributed by atoms with van der Waals surface area (Å²) in [6, 6.07) is 5.47. The van der Waals surface area contributed by atoms with Crippen molar-refractivity contribution in [3.8, 4) is 0 Å². The Balaban J connectivity index is 2.38. The molecule has 0 unspecified atom stereocenters. The number of nitrogens with zero attached hydrogens (tertiary/aromatic N) is 2. The van der Waals surface area contributed by atoms with E-state index in [9.17, 15) is 4.79 Å². The van der Waals surface area contributed by atoms with Gasteiger partial charge in [-0.1, -0.05) is 17.7 Å². The zero-order chi connectivity index (χ0) is 12.4. The lowest BCUT2D eigenvalue weighted by molar-refractivity contribution is 0.765. The highest BCUT2D eigenvalue weighted by molar-refractivity contribution is 7.99. The van der Waals surface area contributed by atoms with Crippen LogP contribution in [0.25, 0.3) is 0 Å². The molecule has 2 rings (SSSR count). The maximum Gasteiger partial charge on any atom is 0.343 e. The van der Waals surface area contributed by atoms with Crippen LogP contribution in [0, 0.1) is 0 Å². The molecule has 0 fully saturated rings. The number of hydrogen-bond acceptors (Lipinski definition) is 4. The minimum absolute atomic E-state index is 0.246. The fraction of sp³-hybridized carbons (Fsp3) is 0.200. The minimum atomic E-state index is -0.246. The van der Waals surface area contributed by atoms with Crippen LogP contribution >= 0.6 is 23.4 Å². The Bertz CT molecular complexity index is 592. The first-order chi connectivity index (χ1) is 8.11. The van der Waals surface area contributed by atoms with Gasteiger partial charge in [0.05, 0.1) is 0 Å². The third-order valence-electron chi connectivity index (χ3n) is 2.29. The van der Waals surface area contributed by atoms with Gasteiger partial charge in [-0.05, 0) is 29.5 Å². The van der Waals surface area contributed by atoms with Gasteiger partial charge in [0, 0.05) is 23.5 Å². The minimum Gasteiger partial charge on any atom is -0.326 e. The SMILES string of the molecule is Cn1c(Sc2cc(Cl)ccc2CN)n[nH]c1=O. The lowest BCUT2D eigenvalue weighted by Gasteiger charge is -2.06. The maximum atomic E-state index is 11.2. The fourth-order valence-electron chi connectivity index (χ4n) is 1.31. The highest BCUT2D eigenvalue weighted by atomic mass is 35.5. The first-order valence-electron chi connectivity index (χ1n) is 4.89. The Hall–Kier alpha value is -1.24. The summed E-state index contributed by atoms with van der Waals surface area (Å²) in [5, 5.41) is 7.51. The standard InChI is InChI=1S/C10H11ClN4OS/c1-15-9(16)13-14-10(15)17-8-4-7(11)3-2-6(8)5-12/h2-4H,5,12H2,1H3,(H,13,16). The molecule has 3 N–H and O–H groups in total. The van der Waals surface area contributed by atoms with Crippen LogP contribution in [0.4, 0.5) is 0 Å². The smallest absolute Gasteiger partial charge is 0.326 e. The number of benzene rings is 1. The van der Waals surface area contributed by atoms with Crippen molar-refractivity contribution >= 4 is 23.4 Å². The summed E-state index contributed by atoms with van der Waals surface area (Å²) < 4.78 is 1.44. The van der Waals surface area contributed by atoms with E-state index >= 15 is 0 Å². The van der Waals surface area contributed by atoms with E-state index in [-0.39, 0.29) is 5.69 Å². The first kappa shape index (κ1) is 12.2. The van der Waals surface area contributed by atoms with Gasteiger partial charge in [-0.15, -0.1) is 5.10 Å². The molecule has 5 nitrogen and oxygen atoms in total. The lowest BCUT2D eigenvalue weighted by atomic mass is 10.2. The Kier molecular flexibility index (Phi) is 3.56. The van der Waals surface area contributed by atoms with Gasteiger partial charge in [0.2, 0.25) is 0 Å². The summed E-state index contributed by atoms with van der Waals surface area (Å²) in [6.45, 7) is 0.415. The van der Waals surface area contributed by atoms with Crippen molar-refractivity contribution in [2.24, 2.45) is 12.8 Å². The van der Waals surface area contributed by atoms with Gasteiger partial charge in [0.1, 0.15) is 0 Å². The van der Waals surface area contributed by atoms with Crippen molar-refractivity contribution in [3.05, 3.63) is 39.3 Å². The predicted octanol–water partition coefficient (Wildman–Crippen LogP) is 1.37.